The molecular formula is C31H30N6O4. The minimum atomic E-state index is -0.321. The summed E-state index contributed by atoms with van der Waals surface area (Å²) in [6.07, 6.45) is 3.69. The van der Waals surface area contributed by atoms with Gasteiger partial charge in [0.15, 0.2) is 0 Å². The van der Waals surface area contributed by atoms with Gasteiger partial charge in [0.1, 0.15) is 11.5 Å². The van der Waals surface area contributed by atoms with Gasteiger partial charge in [-0.3, -0.25) is 24.5 Å². The number of fused-ring (bicyclic) bond motifs is 2. The minimum Gasteiger partial charge on any atom is -0.497 e. The zero-order valence-electron chi connectivity index (χ0n) is 23.3. The van der Waals surface area contributed by atoms with Gasteiger partial charge in [0, 0.05) is 68.2 Å². The van der Waals surface area contributed by atoms with Crippen molar-refractivity contribution in [1.29, 1.82) is 0 Å². The van der Waals surface area contributed by atoms with Crippen LogP contribution in [0.1, 0.15) is 39.3 Å². The molecule has 0 N–H and O–H groups in total. The van der Waals surface area contributed by atoms with E-state index in [-0.39, 0.29) is 30.3 Å². The maximum absolute atomic E-state index is 13.2. The van der Waals surface area contributed by atoms with Crippen LogP contribution in [0.15, 0.2) is 72.0 Å². The van der Waals surface area contributed by atoms with Gasteiger partial charge in [-0.1, -0.05) is 12.1 Å². The number of methoxy groups -OCH3 is 2. The number of carbonyl (C=O) groups excluding carboxylic acids is 2. The Balaban J connectivity index is 1.41. The normalized spacial score (nSPS) is 16.8. The molecule has 3 aromatic carbocycles. The van der Waals surface area contributed by atoms with Crippen LogP contribution in [-0.4, -0.2) is 78.3 Å². The molecule has 0 fully saturated rings. The molecule has 2 unspecified atom stereocenters. The lowest BCUT2D eigenvalue weighted by molar-refractivity contribution is 0.0647. The van der Waals surface area contributed by atoms with Gasteiger partial charge in [-0.05, 0) is 37.3 Å². The maximum atomic E-state index is 13.2. The van der Waals surface area contributed by atoms with Crippen LogP contribution in [0, 0.1) is 0 Å². The first-order valence-electron chi connectivity index (χ1n) is 13.4. The second-order valence-corrected chi connectivity index (χ2v) is 10.2. The maximum Gasteiger partial charge on any atom is 0.261 e. The van der Waals surface area contributed by atoms with Crippen molar-refractivity contribution < 1.29 is 19.1 Å². The van der Waals surface area contributed by atoms with Gasteiger partial charge in [-0.25, -0.2) is 4.98 Å². The second kappa shape index (κ2) is 10.5. The molecule has 1 aromatic heterocycles. The van der Waals surface area contributed by atoms with Gasteiger partial charge in [0.05, 0.1) is 48.0 Å². The average Bonchev–Trinajstić information content (AvgIpc) is 3.53. The number of likely N-dealkylation sites (N-methyl/N-ethyl adjacent to an activating group) is 1. The average molecular weight is 551 g/mol. The summed E-state index contributed by atoms with van der Waals surface area (Å²) in [5.41, 5.74) is 4.78. The van der Waals surface area contributed by atoms with Crippen molar-refractivity contribution in [2.75, 3.05) is 39.3 Å². The van der Waals surface area contributed by atoms with E-state index in [4.69, 9.17) is 14.5 Å². The largest absolute Gasteiger partial charge is 0.497 e. The van der Waals surface area contributed by atoms with Crippen molar-refractivity contribution in [2.24, 2.45) is 5.10 Å². The number of imide groups is 1. The molecule has 6 rings (SSSR count). The van der Waals surface area contributed by atoms with E-state index in [9.17, 15) is 9.59 Å². The zero-order valence-corrected chi connectivity index (χ0v) is 23.3. The third-order valence-electron chi connectivity index (χ3n) is 7.49. The van der Waals surface area contributed by atoms with Crippen LogP contribution in [0.4, 0.5) is 11.4 Å². The van der Waals surface area contributed by atoms with Crippen LogP contribution in [0.3, 0.4) is 0 Å². The summed E-state index contributed by atoms with van der Waals surface area (Å²) < 4.78 is 11.1. The second-order valence-electron chi connectivity index (χ2n) is 10.2. The molecule has 208 valence electrons. The number of anilines is 2. The number of hydrogen-bond donors (Lipinski definition) is 0. The van der Waals surface area contributed by atoms with E-state index in [2.05, 4.69) is 15.0 Å². The Morgan fingerprint density at radius 1 is 0.927 bits per heavy atom. The SMILES string of the molecule is COc1cc(OC)cc(N(c2ccc3ncc(C4C=NN(C)C4)nc3c2)C(C)CN2C(=O)c3ccccc3C2=O)c1. The van der Waals surface area contributed by atoms with Crippen LogP contribution in [0.25, 0.3) is 11.0 Å². The van der Waals surface area contributed by atoms with Crippen LogP contribution >= 0.6 is 0 Å². The van der Waals surface area contributed by atoms with Gasteiger partial charge in [-0.2, -0.15) is 5.10 Å². The van der Waals surface area contributed by atoms with E-state index in [1.54, 1.807) is 50.7 Å². The molecule has 0 saturated carbocycles. The summed E-state index contributed by atoms with van der Waals surface area (Å²) in [7, 11) is 5.13. The molecule has 2 amide bonds. The molecule has 0 saturated heterocycles. The summed E-state index contributed by atoms with van der Waals surface area (Å²) in [5, 5.41) is 6.22. The van der Waals surface area contributed by atoms with Crippen LogP contribution in [0.5, 0.6) is 11.5 Å². The highest BCUT2D eigenvalue weighted by atomic mass is 16.5. The molecule has 0 radical (unpaired) electrons. The number of hydrogen-bond acceptors (Lipinski definition) is 9. The zero-order chi connectivity index (χ0) is 28.7. The summed E-state index contributed by atoms with van der Waals surface area (Å²) in [5.74, 6) is 0.706. The molecule has 3 heterocycles. The van der Waals surface area contributed by atoms with E-state index in [1.807, 2.05) is 55.5 Å². The predicted molar refractivity (Wildman–Crippen MR) is 156 cm³/mol. The molecule has 10 nitrogen and oxygen atoms in total. The molecule has 0 spiro atoms. The van der Waals surface area contributed by atoms with Gasteiger partial charge in [0.2, 0.25) is 0 Å². The van der Waals surface area contributed by atoms with E-state index < -0.39 is 0 Å². The molecule has 2 atom stereocenters. The van der Waals surface area contributed by atoms with E-state index in [0.717, 1.165) is 34.6 Å². The highest BCUT2D eigenvalue weighted by molar-refractivity contribution is 6.21. The number of ether oxygens (including phenoxy) is 2. The first-order chi connectivity index (χ1) is 19.9. The summed E-state index contributed by atoms with van der Waals surface area (Å²) in [4.78, 5) is 39.4. The third kappa shape index (κ3) is 4.82. The van der Waals surface area contributed by atoms with Crippen molar-refractivity contribution in [2.45, 2.75) is 18.9 Å². The van der Waals surface area contributed by atoms with Gasteiger partial charge < -0.3 is 14.4 Å². The summed E-state index contributed by atoms with van der Waals surface area (Å²) in [6, 6.07) is 18.1. The van der Waals surface area contributed by atoms with Gasteiger partial charge >= 0.3 is 0 Å². The smallest absolute Gasteiger partial charge is 0.261 e. The molecule has 2 aliphatic heterocycles. The van der Waals surface area contributed by atoms with Crippen molar-refractivity contribution in [3.05, 3.63) is 83.7 Å². The third-order valence-corrected chi connectivity index (χ3v) is 7.49. The number of rotatable bonds is 8. The fourth-order valence-corrected chi connectivity index (χ4v) is 5.43. The minimum absolute atomic E-state index is 0.0621. The standard InChI is InChI=1S/C31H30N6O4/c1-19(17-36-30(38)25-7-5-6-8-26(25)31(36)39)37(22-11-23(40-3)14-24(12-22)41-4)21-9-10-27-28(13-21)34-29(16-32-27)20-15-33-35(2)18-20/h5-16,19-20H,17-18H2,1-4H3. The van der Waals surface area contributed by atoms with Crippen molar-refractivity contribution in [1.82, 2.24) is 19.9 Å². The fourth-order valence-electron chi connectivity index (χ4n) is 5.43. The number of amides is 2. The first-order valence-corrected chi connectivity index (χ1v) is 13.4. The van der Waals surface area contributed by atoms with Crippen LogP contribution in [0.2, 0.25) is 0 Å². The van der Waals surface area contributed by atoms with Crippen LogP contribution in [-0.2, 0) is 0 Å². The van der Waals surface area contributed by atoms with E-state index >= 15 is 0 Å². The highest BCUT2D eigenvalue weighted by Gasteiger charge is 2.37. The lowest BCUT2D eigenvalue weighted by Gasteiger charge is -2.34. The fraction of sp³-hybridized carbons (Fsp3) is 0.258. The molecule has 0 aliphatic carbocycles. The molecule has 10 heteroatoms. The summed E-state index contributed by atoms with van der Waals surface area (Å²) in [6.45, 7) is 2.89. The Kier molecular flexibility index (Phi) is 6.74. The molecule has 0 bridgehead atoms. The number of carbonyl (C=O) groups is 2. The van der Waals surface area contributed by atoms with E-state index in [1.165, 1.54) is 4.90 Å². The molecule has 41 heavy (non-hydrogen) atoms. The highest BCUT2D eigenvalue weighted by Crippen LogP contribution is 2.36. The van der Waals surface area contributed by atoms with Gasteiger partial charge in [-0.15, -0.1) is 0 Å². The van der Waals surface area contributed by atoms with Crippen molar-refractivity contribution >= 4 is 40.4 Å². The Bertz CT molecular complexity index is 1630. The number of benzene rings is 3. The predicted octanol–water partition coefficient (Wildman–Crippen LogP) is 4.48. The lowest BCUT2D eigenvalue weighted by atomic mass is 10.1. The van der Waals surface area contributed by atoms with Crippen molar-refractivity contribution in [3.63, 3.8) is 0 Å². The quantitative estimate of drug-likeness (QED) is 0.296. The Morgan fingerprint density at radius 2 is 1.61 bits per heavy atom. The molecular weight excluding hydrogens is 520 g/mol. The number of nitrogens with zero attached hydrogens (tertiary/aromatic N) is 6. The lowest BCUT2D eigenvalue weighted by Crippen LogP contribution is -2.42. The van der Waals surface area contributed by atoms with E-state index in [0.29, 0.717) is 22.6 Å². The Morgan fingerprint density at radius 3 is 2.22 bits per heavy atom. The Hall–Kier alpha value is -4.99. The van der Waals surface area contributed by atoms with Crippen LogP contribution < -0.4 is 14.4 Å². The van der Waals surface area contributed by atoms with Gasteiger partial charge in [0.25, 0.3) is 11.8 Å². The Labute approximate surface area is 237 Å². The molecule has 4 aromatic rings. The number of hydrazone groups is 1. The molecule has 2 aliphatic rings. The number of aromatic nitrogens is 2. The first kappa shape index (κ1) is 26.2. The van der Waals surface area contributed by atoms with Crippen molar-refractivity contribution in [3.8, 4) is 11.5 Å². The topological polar surface area (TPSA) is 100 Å². The summed E-state index contributed by atoms with van der Waals surface area (Å²) >= 11 is 0. The monoisotopic (exact) mass is 550 g/mol.